The number of halogens is 1. The van der Waals surface area contributed by atoms with Gasteiger partial charge in [-0.15, -0.1) is 0 Å². The van der Waals surface area contributed by atoms with Gasteiger partial charge in [0.1, 0.15) is 17.1 Å². The predicted molar refractivity (Wildman–Crippen MR) is 64.7 cm³/mol. The van der Waals surface area contributed by atoms with Gasteiger partial charge in [0.15, 0.2) is 0 Å². The average molecular weight is 255 g/mol. The molecule has 0 saturated heterocycles. The smallest absolute Gasteiger partial charge is 0.293 e. The number of nitrogen functional groups attached to an aromatic ring is 1. The van der Waals surface area contributed by atoms with Crippen molar-refractivity contribution in [2.45, 2.75) is 19.8 Å². The first-order chi connectivity index (χ1) is 8.49. The van der Waals surface area contributed by atoms with E-state index in [2.05, 4.69) is 5.32 Å². The van der Waals surface area contributed by atoms with Crippen LogP contribution in [-0.4, -0.2) is 17.4 Å². The molecule has 0 heterocycles. The fourth-order valence-corrected chi connectivity index (χ4v) is 1.44. The highest BCUT2D eigenvalue weighted by atomic mass is 19.1. The Labute approximate surface area is 103 Å². The number of hydrogen-bond acceptors (Lipinski definition) is 4. The largest absolute Gasteiger partial charge is 0.392 e. The molecule has 0 aliphatic heterocycles. The lowest BCUT2D eigenvalue weighted by Gasteiger charge is -2.08. The first kappa shape index (κ1) is 13.9. The third-order valence-electron chi connectivity index (χ3n) is 2.41. The van der Waals surface area contributed by atoms with Gasteiger partial charge in [-0.3, -0.25) is 14.9 Å². The van der Waals surface area contributed by atoms with Gasteiger partial charge in [0.2, 0.25) is 0 Å². The summed E-state index contributed by atoms with van der Waals surface area (Å²) in [5, 5.41) is 13.1. The molecular formula is C11H14FN3O3. The topological polar surface area (TPSA) is 98.3 Å². The van der Waals surface area contributed by atoms with Crippen LogP contribution < -0.4 is 11.1 Å². The van der Waals surface area contributed by atoms with Crippen molar-refractivity contribution >= 4 is 17.3 Å². The second kappa shape index (κ2) is 5.95. The molecule has 0 aromatic heterocycles. The molecule has 0 radical (unpaired) electrons. The summed E-state index contributed by atoms with van der Waals surface area (Å²) in [7, 11) is 0. The molecule has 0 spiro atoms. The van der Waals surface area contributed by atoms with Crippen LogP contribution in [0.5, 0.6) is 0 Å². The third-order valence-corrected chi connectivity index (χ3v) is 2.41. The van der Waals surface area contributed by atoms with Gasteiger partial charge >= 0.3 is 0 Å². The van der Waals surface area contributed by atoms with Crippen molar-refractivity contribution in [3.8, 4) is 0 Å². The van der Waals surface area contributed by atoms with E-state index in [-0.39, 0.29) is 0 Å². The lowest BCUT2D eigenvalue weighted by molar-refractivity contribution is -0.384. The van der Waals surface area contributed by atoms with Crippen LogP contribution in [0, 0.1) is 15.9 Å². The van der Waals surface area contributed by atoms with Crippen molar-refractivity contribution in [3.63, 3.8) is 0 Å². The SMILES string of the molecule is CCCCNC(=O)c1c(F)ccc([N+](=O)[O-])c1N. The van der Waals surface area contributed by atoms with Crippen LogP contribution in [0.2, 0.25) is 0 Å². The van der Waals surface area contributed by atoms with E-state index < -0.39 is 33.6 Å². The number of carbonyl (C=O) groups is 1. The van der Waals surface area contributed by atoms with Crippen LogP contribution in [0.25, 0.3) is 0 Å². The van der Waals surface area contributed by atoms with Crippen molar-refractivity contribution in [2.75, 3.05) is 12.3 Å². The standard InChI is InChI=1S/C11H14FN3O3/c1-2-3-6-14-11(16)9-7(12)4-5-8(10(9)13)15(17)18/h4-5H,2-3,6,13H2,1H3,(H,14,16). The number of amides is 1. The number of anilines is 1. The quantitative estimate of drug-likeness (QED) is 0.363. The van der Waals surface area contributed by atoms with Gasteiger partial charge in [0.05, 0.1) is 4.92 Å². The van der Waals surface area contributed by atoms with E-state index in [4.69, 9.17) is 5.73 Å². The van der Waals surface area contributed by atoms with Crippen LogP contribution in [-0.2, 0) is 0 Å². The lowest BCUT2D eigenvalue weighted by atomic mass is 10.1. The summed E-state index contributed by atoms with van der Waals surface area (Å²) in [6, 6.07) is 1.80. The van der Waals surface area contributed by atoms with Crippen LogP contribution in [0.1, 0.15) is 30.1 Å². The highest BCUT2D eigenvalue weighted by Crippen LogP contribution is 2.27. The molecule has 0 atom stereocenters. The minimum Gasteiger partial charge on any atom is -0.392 e. The second-order valence-electron chi connectivity index (χ2n) is 3.72. The number of rotatable bonds is 5. The maximum Gasteiger partial charge on any atom is 0.293 e. The average Bonchev–Trinajstić information content (AvgIpc) is 2.28. The molecule has 1 aromatic rings. The van der Waals surface area contributed by atoms with Crippen molar-refractivity contribution in [1.29, 1.82) is 0 Å². The summed E-state index contributed by atoms with van der Waals surface area (Å²) >= 11 is 0. The molecule has 0 bridgehead atoms. The molecule has 1 rings (SSSR count). The summed E-state index contributed by atoms with van der Waals surface area (Å²) < 4.78 is 13.5. The summed E-state index contributed by atoms with van der Waals surface area (Å²) in [4.78, 5) is 21.6. The fraction of sp³-hybridized carbons (Fsp3) is 0.364. The number of nitro benzene ring substituents is 1. The molecule has 0 aliphatic rings. The normalized spacial score (nSPS) is 10.1. The third kappa shape index (κ3) is 2.93. The Morgan fingerprint density at radius 1 is 1.56 bits per heavy atom. The zero-order chi connectivity index (χ0) is 13.7. The van der Waals surface area contributed by atoms with E-state index in [0.29, 0.717) is 6.54 Å². The van der Waals surface area contributed by atoms with E-state index in [1.165, 1.54) is 0 Å². The zero-order valence-electron chi connectivity index (χ0n) is 9.90. The summed E-state index contributed by atoms with van der Waals surface area (Å²) in [6.07, 6.45) is 1.61. The highest BCUT2D eigenvalue weighted by Gasteiger charge is 2.23. The van der Waals surface area contributed by atoms with Crippen LogP contribution >= 0.6 is 0 Å². The van der Waals surface area contributed by atoms with Gasteiger partial charge < -0.3 is 11.1 Å². The van der Waals surface area contributed by atoms with E-state index in [0.717, 1.165) is 25.0 Å². The molecule has 1 aromatic carbocycles. The number of unbranched alkanes of at least 4 members (excludes halogenated alkanes) is 1. The molecule has 0 saturated carbocycles. The minimum absolute atomic E-state index is 0.372. The van der Waals surface area contributed by atoms with E-state index in [9.17, 15) is 19.3 Å². The number of nitro groups is 1. The van der Waals surface area contributed by atoms with Gasteiger partial charge in [-0.05, 0) is 12.5 Å². The first-order valence-corrected chi connectivity index (χ1v) is 5.49. The Morgan fingerprint density at radius 3 is 2.78 bits per heavy atom. The predicted octanol–water partition coefficient (Wildman–Crippen LogP) is 1.85. The van der Waals surface area contributed by atoms with Crippen LogP contribution in [0.3, 0.4) is 0 Å². The number of carbonyl (C=O) groups excluding carboxylic acids is 1. The molecular weight excluding hydrogens is 241 g/mol. The van der Waals surface area contributed by atoms with Crippen LogP contribution in [0.4, 0.5) is 15.8 Å². The molecule has 98 valence electrons. The molecule has 1 amide bonds. The Morgan fingerprint density at radius 2 is 2.22 bits per heavy atom. The van der Waals surface area contributed by atoms with Crippen molar-refractivity contribution in [3.05, 3.63) is 33.6 Å². The van der Waals surface area contributed by atoms with Gasteiger partial charge in [0, 0.05) is 12.6 Å². The molecule has 0 unspecified atom stereocenters. The van der Waals surface area contributed by atoms with Crippen molar-refractivity contribution in [1.82, 2.24) is 5.32 Å². The summed E-state index contributed by atoms with van der Waals surface area (Å²) in [5.74, 6) is -1.60. The number of hydrogen-bond donors (Lipinski definition) is 2. The maximum absolute atomic E-state index is 13.5. The number of nitrogens with zero attached hydrogens (tertiary/aromatic N) is 1. The van der Waals surface area contributed by atoms with Crippen LogP contribution in [0.15, 0.2) is 12.1 Å². The monoisotopic (exact) mass is 255 g/mol. The zero-order valence-corrected chi connectivity index (χ0v) is 9.90. The fourth-order valence-electron chi connectivity index (χ4n) is 1.44. The van der Waals surface area contributed by atoms with Crippen molar-refractivity contribution < 1.29 is 14.1 Å². The van der Waals surface area contributed by atoms with Gasteiger partial charge in [0.25, 0.3) is 11.6 Å². The Bertz CT molecular complexity index is 477. The van der Waals surface area contributed by atoms with Gasteiger partial charge in [-0.2, -0.15) is 0 Å². The maximum atomic E-state index is 13.5. The van der Waals surface area contributed by atoms with E-state index in [1.54, 1.807) is 0 Å². The summed E-state index contributed by atoms with van der Waals surface area (Å²) in [5.41, 5.74) is 4.05. The molecule has 7 heteroatoms. The Hall–Kier alpha value is -2.18. The van der Waals surface area contributed by atoms with E-state index >= 15 is 0 Å². The number of benzene rings is 1. The second-order valence-corrected chi connectivity index (χ2v) is 3.72. The summed E-state index contributed by atoms with van der Waals surface area (Å²) in [6.45, 7) is 2.31. The molecule has 3 N–H and O–H groups in total. The Balaban J connectivity index is 3.03. The molecule has 0 aliphatic carbocycles. The van der Waals surface area contributed by atoms with Gasteiger partial charge in [-0.1, -0.05) is 13.3 Å². The van der Waals surface area contributed by atoms with Gasteiger partial charge in [-0.25, -0.2) is 4.39 Å². The first-order valence-electron chi connectivity index (χ1n) is 5.49. The number of nitrogens with two attached hydrogens (primary N) is 1. The van der Waals surface area contributed by atoms with Crippen molar-refractivity contribution in [2.24, 2.45) is 0 Å². The minimum atomic E-state index is -0.868. The highest BCUT2D eigenvalue weighted by molar-refractivity contribution is 6.01. The number of nitrogens with one attached hydrogen (secondary N) is 1. The Kier molecular flexibility index (Phi) is 4.59. The molecule has 0 fully saturated rings. The lowest BCUT2D eigenvalue weighted by Crippen LogP contribution is -2.26. The van der Waals surface area contributed by atoms with E-state index in [1.807, 2.05) is 6.92 Å². The molecule has 6 nitrogen and oxygen atoms in total. The molecule has 18 heavy (non-hydrogen) atoms.